The zero-order valence-corrected chi connectivity index (χ0v) is 22.1. The molecule has 1 heterocycles. The highest BCUT2D eigenvalue weighted by Gasteiger charge is 2.24. The summed E-state index contributed by atoms with van der Waals surface area (Å²) in [5.41, 5.74) is -0.456. The van der Waals surface area contributed by atoms with E-state index in [0.717, 1.165) is 45.1 Å². The van der Waals surface area contributed by atoms with E-state index in [-0.39, 0.29) is 18.4 Å². The summed E-state index contributed by atoms with van der Waals surface area (Å²) in [5, 5.41) is 0. The first-order chi connectivity index (χ1) is 15.9. The molecule has 0 amide bonds. The molecule has 4 heteroatoms. The van der Waals surface area contributed by atoms with Gasteiger partial charge in [-0.1, -0.05) is 69.8 Å². The van der Waals surface area contributed by atoms with Gasteiger partial charge in [-0.15, -0.1) is 0 Å². The molecule has 0 spiro atoms. The summed E-state index contributed by atoms with van der Waals surface area (Å²) in [6.45, 7) is 8.73. The fourth-order valence-electron chi connectivity index (χ4n) is 4.00. The molecule has 192 valence electrons. The van der Waals surface area contributed by atoms with Crippen LogP contribution in [0, 0.1) is 0 Å². The molecule has 1 aliphatic rings. The lowest BCUT2D eigenvalue weighted by Gasteiger charge is -2.28. The van der Waals surface area contributed by atoms with Gasteiger partial charge in [0.1, 0.15) is 5.60 Å². The fraction of sp³-hybridized carbons (Fsp3) is 0.828. The molecule has 0 aromatic heterocycles. The van der Waals surface area contributed by atoms with Gasteiger partial charge >= 0.3 is 5.97 Å². The van der Waals surface area contributed by atoms with Crippen molar-refractivity contribution < 1.29 is 19.0 Å². The van der Waals surface area contributed by atoms with Crippen molar-refractivity contribution in [3.05, 3.63) is 24.3 Å². The molecule has 0 aromatic rings. The summed E-state index contributed by atoms with van der Waals surface area (Å²) in [5.74, 6) is -0.175. The predicted octanol–water partition coefficient (Wildman–Crippen LogP) is 8.44. The smallest absolute Gasteiger partial charge is 0.308 e. The van der Waals surface area contributed by atoms with E-state index in [4.69, 9.17) is 14.2 Å². The minimum absolute atomic E-state index is 0.110. The third-order valence-electron chi connectivity index (χ3n) is 5.77. The second kappa shape index (κ2) is 19.2. The van der Waals surface area contributed by atoms with Gasteiger partial charge in [0.15, 0.2) is 6.29 Å². The Hall–Kier alpha value is -1.13. The SMILES string of the molecule is CCCCCC=CCC=CCCCCCCCC(CC(=O)OC(C)(C)C)OC1CCCCO1. The number of rotatable bonds is 18. The van der Waals surface area contributed by atoms with Crippen molar-refractivity contribution >= 4 is 5.97 Å². The molecular weight excluding hydrogens is 412 g/mol. The molecule has 0 bridgehead atoms. The Bertz CT molecular complexity index is 526. The van der Waals surface area contributed by atoms with E-state index in [9.17, 15) is 4.79 Å². The summed E-state index contributed by atoms with van der Waals surface area (Å²) in [4.78, 5) is 12.3. The maximum Gasteiger partial charge on any atom is 0.308 e. The number of carbonyl (C=O) groups excluding carboxylic acids is 1. The van der Waals surface area contributed by atoms with Gasteiger partial charge < -0.3 is 14.2 Å². The maximum absolute atomic E-state index is 12.3. The Balaban J connectivity index is 2.15. The lowest BCUT2D eigenvalue weighted by molar-refractivity contribution is -0.196. The largest absolute Gasteiger partial charge is 0.460 e. The van der Waals surface area contributed by atoms with Crippen LogP contribution in [0.1, 0.15) is 130 Å². The lowest BCUT2D eigenvalue weighted by atomic mass is 10.0. The number of esters is 1. The van der Waals surface area contributed by atoms with Crippen molar-refractivity contribution in [2.45, 2.75) is 148 Å². The van der Waals surface area contributed by atoms with Gasteiger partial charge in [0.2, 0.25) is 0 Å². The summed E-state index contributed by atoms with van der Waals surface area (Å²) < 4.78 is 17.4. The number of allylic oxidation sites excluding steroid dienone is 4. The lowest BCUT2D eigenvalue weighted by Crippen LogP contribution is -2.32. The molecule has 0 radical (unpaired) electrons. The highest BCUT2D eigenvalue weighted by molar-refractivity contribution is 5.70. The zero-order valence-electron chi connectivity index (χ0n) is 22.1. The summed E-state index contributed by atoms with van der Waals surface area (Å²) in [7, 11) is 0. The Kier molecular flexibility index (Phi) is 17.4. The average Bonchev–Trinajstić information content (AvgIpc) is 2.75. The molecule has 33 heavy (non-hydrogen) atoms. The van der Waals surface area contributed by atoms with Gasteiger partial charge in [-0.2, -0.15) is 0 Å². The third-order valence-corrected chi connectivity index (χ3v) is 5.77. The first-order valence-electron chi connectivity index (χ1n) is 13.7. The van der Waals surface area contributed by atoms with Crippen LogP contribution in [-0.2, 0) is 19.0 Å². The molecule has 1 aliphatic heterocycles. The minimum atomic E-state index is -0.456. The van der Waals surface area contributed by atoms with Crippen molar-refractivity contribution in [2.75, 3.05) is 6.61 Å². The van der Waals surface area contributed by atoms with Gasteiger partial charge in [0, 0.05) is 6.61 Å². The van der Waals surface area contributed by atoms with Gasteiger partial charge in [0.05, 0.1) is 12.5 Å². The molecule has 1 rings (SSSR count). The van der Waals surface area contributed by atoms with Crippen LogP contribution in [0.3, 0.4) is 0 Å². The molecule has 0 saturated carbocycles. The predicted molar refractivity (Wildman–Crippen MR) is 138 cm³/mol. The molecule has 2 atom stereocenters. The van der Waals surface area contributed by atoms with E-state index in [2.05, 4.69) is 31.2 Å². The Morgan fingerprint density at radius 2 is 1.61 bits per heavy atom. The van der Waals surface area contributed by atoms with E-state index in [1.165, 1.54) is 57.8 Å². The highest BCUT2D eigenvalue weighted by Crippen LogP contribution is 2.21. The van der Waals surface area contributed by atoms with Crippen molar-refractivity contribution in [3.63, 3.8) is 0 Å². The van der Waals surface area contributed by atoms with Crippen LogP contribution in [0.5, 0.6) is 0 Å². The molecule has 1 saturated heterocycles. The second-order valence-corrected chi connectivity index (χ2v) is 10.4. The maximum atomic E-state index is 12.3. The van der Waals surface area contributed by atoms with Gasteiger partial charge in [0.25, 0.3) is 0 Å². The quantitative estimate of drug-likeness (QED) is 0.116. The van der Waals surface area contributed by atoms with Crippen molar-refractivity contribution in [2.24, 2.45) is 0 Å². The van der Waals surface area contributed by atoms with Crippen LogP contribution < -0.4 is 0 Å². The van der Waals surface area contributed by atoms with Crippen LogP contribution in [-0.4, -0.2) is 30.6 Å². The van der Waals surface area contributed by atoms with E-state index in [1.54, 1.807) is 0 Å². The van der Waals surface area contributed by atoms with E-state index in [0.29, 0.717) is 6.42 Å². The van der Waals surface area contributed by atoms with Gasteiger partial charge in [-0.05, 0) is 78.6 Å². The molecular formula is C29H52O4. The van der Waals surface area contributed by atoms with Crippen molar-refractivity contribution in [1.82, 2.24) is 0 Å². The Morgan fingerprint density at radius 1 is 0.939 bits per heavy atom. The van der Waals surface area contributed by atoms with Crippen molar-refractivity contribution in [3.8, 4) is 0 Å². The van der Waals surface area contributed by atoms with Crippen LogP contribution in [0.25, 0.3) is 0 Å². The van der Waals surface area contributed by atoms with Gasteiger partial charge in [-0.3, -0.25) is 4.79 Å². The molecule has 0 aromatic carbocycles. The van der Waals surface area contributed by atoms with Gasteiger partial charge in [-0.25, -0.2) is 0 Å². The minimum Gasteiger partial charge on any atom is -0.460 e. The van der Waals surface area contributed by atoms with E-state index >= 15 is 0 Å². The summed E-state index contributed by atoms with van der Waals surface area (Å²) >= 11 is 0. The van der Waals surface area contributed by atoms with E-state index in [1.807, 2.05) is 20.8 Å². The molecule has 0 N–H and O–H groups in total. The summed E-state index contributed by atoms with van der Waals surface area (Å²) in [6.07, 6.45) is 26.8. The van der Waals surface area contributed by atoms with Crippen LogP contribution in [0.15, 0.2) is 24.3 Å². The fourth-order valence-corrected chi connectivity index (χ4v) is 4.00. The number of unbranched alkanes of at least 4 members (excludes halogenated alkanes) is 8. The first kappa shape index (κ1) is 29.9. The van der Waals surface area contributed by atoms with Crippen LogP contribution >= 0.6 is 0 Å². The summed E-state index contributed by atoms with van der Waals surface area (Å²) in [6, 6.07) is 0. The average molecular weight is 465 g/mol. The molecule has 0 aliphatic carbocycles. The van der Waals surface area contributed by atoms with Crippen LogP contribution in [0.2, 0.25) is 0 Å². The van der Waals surface area contributed by atoms with E-state index < -0.39 is 5.60 Å². The standard InChI is InChI=1S/C29H52O4/c1-5-6-7-8-9-10-11-12-13-14-15-16-17-18-19-22-26(25-27(30)33-29(2,3)4)32-28-23-20-21-24-31-28/h9-10,12-13,26,28H,5-8,11,14-25H2,1-4H3. The Labute approximate surface area is 204 Å². The number of carbonyl (C=O) groups is 1. The first-order valence-corrected chi connectivity index (χ1v) is 13.7. The topological polar surface area (TPSA) is 44.8 Å². The third kappa shape index (κ3) is 18.9. The zero-order chi connectivity index (χ0) is 24.2. The molecule has 4 nitrogen and oxygen atoms in total. The second-order valence-electron chi connectivity index (χ2n) is 10.4. The van der Waals surface area contributed by atoms with Crippen molar-refractivity contribution in [1.29, 1.82) is 0 Å². The number of hydrogen-bond donors (Lipinski definition) is 0. The highest BCUT2D eigenvalue weighted by atomic mass is 16.7. The number of hydrogen-bond acceptors (Lipinski definition) is 4. The normalized spacial score (nSPS) is 18.2. The monoisotopic (exact) mass is 464 g/mol. The molecule has 1 fully saturated rings. The number of ether oxygens (including phenoxy) is 3. The van der Waals surface area contributed by atoms with Crippen LogP contribution in [0.4, 0.5) is 0 Å². The molecule has 2 unspecified atom stereocenters. The Morgan fingerprint density at radius 3 is 2.24 bits per heavy atom.